The zero-order valence-corrected chi connectivity index (χ0v) is 11.2. The van der Waals surface area contributed by atoms with Crippen LogP contribution in [0.25, 0.3) is 0 Å². The minimum Gasteiger partial charge on any atom is -0.317 e. The molecule has 0 aromatic heterocycles. The molecule has 0 amide bonds. The molecule has 0 spiro atoms. The van der Waals surface area contributed by atoms with Gasteiger partial charge in [-0.2, -0.15) is 0 Å². The number of hydrogen-bond acceptors (Lipinski definition) is 2. The second kappa shape index (κ2) is 6.39. The average molecular weight is 253 g/mol. The van der Waals surface area contributed by atoms with Crippen LogP contribution >= 0.6 is 11.6 Å². The fourth-order valence-corrected chi connectivity index (χ4v) is 2.60. The van der Waals surface area contributed by atoms with Gasteiger partial charge in [0.05, 0.1) is 0 Å². The Hall–Kier alpha value is -0.570. The summed E-state index contributed by atoms with van der Waals surface area (Å²) in [5.41, 5.74) is 1.34. The van der Waals surface area contributed by atoms with Gasteiger partial charge in [0.2, 0.25) is 0 Å². The van der Waals surface area contributed by atoms with Crippen LogP contribution in [0.3, 0.4) is 0 Å². The number of piperidine rings is 1. The molecule has 0 saturated carbocycles. The van der Waals surface area contributed by atoms with E-state index in [1.165, 1.54) is 38.0 Å². The summed E-state index contributed by atoms with van der Waals surface area (Å²) < 4.78 is 0. The fraction of sp³-hybridized carbons (Fsp3) is 0.571. The van der Waals surface area contributed by atoms with Gasteiger partial charge < -0.3 is 10.2 Å². The first-order chi connectivity index (χ1) is 8.24. The van der Waals surface area contributed by atoms with Gasteiger partial charge in [0.15, 0.2) is 0 Å². The van der Waals surface area contributed by atoms with Crippen LogP contribution in [-0.2, 0) is 6.54 Å². The van der Waals surface area contributed by atoms with E-state index in [1.54, 1.807) is 0 Å². The Balaban J connectivity index is 1.79. The van der Waals surface area contributed by atoms with Crippen LogP contribution in [0.2, 0.25) is 5.02 Å². The van der Waals surface area contributed by atoms with Crippen LogP contribution in [0, 0.1) is 5.92 Å². The molecule has 17 heavy (non-hydrogen) atoms. The Bertz CT molecular complexity index is 331. The van der Waals surface area contributed by atoms with Gasteiger partial charge in [-0.05, 0) is 56.6 Å². The van der Waals surface area contributed by atoms with Gasteiger partial charge in [0.1, 0.15) is 0 Å². The summed E-state index contributed by atoms with van der Waals surface area (Å²) in [6, 6.07) is 8.16. The third kappa shape index (κ3) is 4.30. The van der Waals surface area contributed by atoms with Crippen molar-refractivity contribution in [2.75, 3.05) is 26.7 Å². The summed E-state index contributed by atoms with van der Waals surface area (Å²) >= 11 is 5.88. The summed E-state index contributed by atoms with van der Waals surface area (Å²) in [4.78, 5) is 2.42. The first kappa shape index (κ1) is 12.9. The van der Waals surface area contributed by atoms with Crippen molar-refractivity contribution < 1.29 is 0 Å². The van der Waals surface area contributed by atoms with Gasteiger partial charge in [-0.3, -0.25) is 0 Å². The molecule has 1 saturated heterocycles. The van der Waals surface area contributed by atoms with Gasteiger partial charge in [-0.25, -0.2) is 0 Å². The van der Waals surface area contributed by atoms with Gasteiger partial charge in [0.25, 0.3) is 0 Å². The van der Waals surface area contributed by atoms with E-state index in [9.17, 15) is 0 Å². The van der Waals surface area contributed by atoms with Crippen molar-refractivity contribution in [1.29, 1.82) is 0 Å². The molecule has 0 aliphatic carbocycles. The van der Waals surface area contributed by atoms with Crippen molar-refractivity contribution in [3.8, 4) is 0 Å². The van der Waals surface area contributed by atoms with E-state index in [2.05, 4.69) is 29.4 Å². The number of hydrogen-bond donors (Lipinski definition) is 1. The van der Waals surface area contributed by atoms with E-state index >= 15 is 0 Å². The predicted molar refractivity (Wildman–Crippen MR) is 73.4 cm³/mol. The molecule has 0 atom stereocenters. The van der Waals surface area contributed by atoms with Crippen LogP contribution in [-0.4, -0.2) is 31.6 Å². The smallest absolute Gasteiger partial charge is 0.0406 e. The van der Waals surface area contributed by atoms with Gasteiger partial charge in [0, 0.05) is 18.1 Å². The van der Waals surface area contributed by atoms with Crippen molar-refractivity contribution in [2.45, 2.75) is 19.4 Å². The lowest BCUT2D eigenvalue weighted by molar-refractivity contribution is 0.234. The molecular formula is C14H21ClN2. The standard InChI is InChI=1S/C14H21ClN2/c1-17(11-13-6-8-16-9-7-13)10-12-2-4-14(15)5-3-12/h2-5,13,16H,6-11H2,1H3. The van der Waals surface area contributed by atoms with E-state index in [4.69, 9.17) is 11.6 Å². The zero-order chi connectivity index (χ0) is 12.1. The summed E-state index contributed by atoms with van der Waals surface area (Å²) in [7, 11) is 2.21. The SMILES string of the molecule is CN(Cc1ccc(Cl)cc1)CC1CCNCC1. The molecule has 0 bridgehead atoms. The number of benzene rings is 1. The summed E-state index contributed by atoms with van der Waals surface area (Å²) in [6.45, 7) is 4.57. The number of rotatable bonds is 4. The Morgan fingerprint density at radius 2 is 1.88 bits per heavy atom. The van der Waals surface area contributed by atoms with Crippen molar-refractivity contribution in [3.05, 3.63) is 34.9 Å². The molecule has 1 aliphatic heterocycles. The molecule has 1 aromatic rings. The Labute approximate surface area is 109 Å². The molecule has 1 aromatic carbocycles. The second-order valence-corrected chi connectivity index (χ2v) is 5.45. The minimum atomic E-state index is 0.815. The first-order valence-corrected chi connectivity index (χ1v) is 6.75. The van der Waals surface area contributed by atoms with Crippen LogP contribution in [0.5, 0.6) is 0 Å². The molecule has 1 N–H and O–H groups in total. The number of nitrogens with one attached hydrogen (secondary N) is 1. The monoisotopic (exact) mass is 252 g/mol. The quantitative estimate of drug-likeness (QED) is 0.887. The lowest BCUT2D eigenvalue weighted by Gasteiger charge is -2.27. The van der Waals surface area contributed by atoms with Crippen molar-refractivity contribution >= 4 is 11.6 Å². The van der Waals surface area contributed by atoms with Gasteiger partial charge in [-0.1, -0.05) is 23.7 Å². The van der Waals surface area contributed by atoms with E-state index in [-0.39, 0.29) is 0 Å². The molecule has 2 nitrogen and oxygen atoms in total. The Morgan fingerprint density at radius 1 is 1.24 bits per heavy atom. The fourth-order valence-electron chi connectivity index (χ4n) is 2.47. The molecular weight excluding hydrogens is 232 g/mol. The van der Waals surface area contributed by atoms with Gasteiger partial charge >= 0.3 is 0 Å². The molecule has 3 heteroatoms. The third-order valence-electron chi connectivity index (χ3n) is 3.39. The lowest BCUT2D eigenvalue weighted by Crippen LogP contribution is -2.34. The highest BCUT2D eigenvalue weighted by Gasteiger charge is 2.14. The average Bonchev–Trinajstić information content (AvgIpc) is 2.33. The largest absolute Gasteiger partial charge is 0.317 e. The Morgan fingerprint density at radius 3 is 2.53 bits per heavy atom. The predicted octanol–water partition coefficient (Wildman–Crippen LogP) is 2.77. The van der Waals surface area contributed by atoms with E-state index in [1.807, 2.05) is 12.1 Å². The highest BCUT2D eigenvalue weighted by Crippen LogP contribution is 2.15. The molecule has 2 rings (SSSR count). The molecule has 1 fully saturated rings. The lowest BCUT2D eigenvalue weighted by atomic mass is 9.97. The highest BCUT2D eigenvalue weighted by atomic mass is 35.5. The summed E-state index contributed by atoms with van der Waals surface area (Å²) in [6.07, 6.45) is 2.62. The zero-order valence-electron chi connectivity index (χ0n) is 10.5. The van der Waals surface area contributed by atoms with Crippen LogP contribution in [0.15, 0.2) is 24.3 Å². The highest BCUT2D eigenvalue weighted by molar-refractivity contribution is 6.30. The van der Waals surface area contributed by atoms with E-state index in [0.717, 1.165) is 17.5 Å². The summed E-state index contributed by atoms with van der Waals surface area (Å²) in [5.74, 6) is 0.855. The van der Waals surface area contributed by atoms with Crippen LogP contribution in [0.1, 0.15) is 18.4 Å². The van der Waals surface area contributed by atoms with E-state index < -0.39 is 0 Å². The number of halogens is 1. The molecule has 1 heterocycles. The van der Waals surface area contributed by atoms with Crippen molar-refractivity contribution in [3.63, 3.8) is 0 Å². The van der Waals surface area contributed by atoms with E-state index in [0.29, 0.717) is 0 Å². The first-order valence-electron chi connectivity index (χ1n) is 6.38. The van der Waals surface area contributed by atoms with Crippen LogP contribution in [0.4, 0.5) is 0 Å². The van der Waals surface area contributed by atoms with Crippen molar-refractivity contribution in [1.82, 2.24) is 10.2 Å². The van der Waals surface area contributed by atoms with Crippen LogP contribution < -0.4 is 5.32 Å². The maximum atomic E-state index is 5.88. The van der Waals surface area contributed by atoms with Crippen molar-refractivity contribution in [2.24, 2.45) is 5.92 Å². The normalized spacial score (nSPS) is 17.6. The minimum absolute atomic E-state index is 0.815. The molecule has 1 aliphatic rings. The molecule has 0 unspecified atom stereocenters. The summed E-state index contributed by atoms with van der Waals surface area (Å²) in [5, 5.41) is 4.23. The van der Waals surface area contributed by atoms with Gasteiger partial charge in [-0.15, -0.1) is 0 Å². The Kier molecular flexibility index (Phi) is 4.84. The maximum Gasteiger partial charge on any atom is 0.0406 e. The molecule has 0 radical (unpaired) electrons. The molecule has 94 valence electrons. The topological polar surface area (TPSA) is 15.3 Å². The third-order valence-corrected chi connectivity index (χ3v) is 3.65. The maximum absolute atomic E-state index is 5.88. The second-order valence-electron chi connectivity index (χ2n) is 5.02. The number of nitrogens with zero attached hydrogens (tertiary/aromatic N) is 1.